The lowest BCUT2D eigenvalue weighted by Crippen LogP contribution is -2.27. The second-order valence-electron chi connectivity index (χ2n) is 6.74. The Labute approximate surface area is 170 Å². The van der Waals surface area contributed by atoms with Gasteiger partial charge in [-0.25, -0.2) is 14.4 Å². The third-order valence-electron chi connectivity index (χ3n) is 4.56. The number of hydrogen-bond acceptors (Lipinski definition) is 5. The van der Waals surface area contributed by atoms with Crippen molar-refractivity contribution in [2.24, 2.45) is 0 Å². The van der Waals surface area contributed by atoms with Gasteiger partial charge in [-0.3, -0.25) is 9.20 Å². The number of thiazole rings is 2. The molecule has 0 atom stereocenters. The summed E-state index contributed by atoms with van der Waals surface area (Å²) in [5.41, 5.74) is 3.43. The van der Waals surface area contributed by atoms with E-state index in [1.807, 2.05) is 20.8 Å². The Balaban J connectivity index is 1.60. The van der Waals surface area contributed by atoms with E-state index >= 15 is 0 Å². The van der Waals surface area contributed by atoms with Crippen LogP contribution in [0.5, 0.6) is 0 Å². The molecule has 0 radical (unpaired) electrons. The van der Waals surface area contributed by atoms with Crippen LogP contribution in [0.25, 0.3) is 15.5 Å². The summed E-state index contributed by atoms with van der Waals surface area (Å²) in [6.45, 7) is 6.30. The van der Waals surface area contributed by atoms with Gasteiger partial charge in [-0.2, -0.15) is 0 Å². The van der Waals surface area contributed by atoms with Gasteiger partial charge in [0.2, 0.25) is 0 Å². The third-order valence-corrected chi connectivity index (χ3v) is 6.65. The van der Waals surface area contributed by atoms with Crippen molar-refractivity contribution in [2.45, 2.75) is 27.3 Å². The standard InChI is InChI=1S/C20H19FN4OS2/c1-11-9-25-16(12(2)23-20(25)27-11)10-24(4)19(26)17-13(3)22-18(28-17)14-5-7-15(21)8-6-14/h5-9H,10H2,1-4H3. The predicted octanol–water partition coefficient (Wildman–Crippen LogP) is 4.86. The molecule has 8 heteroatoms. The van der Waals surface area contributed by atoms with E-state index in [1.54, 1.807) is 35.4 Å². The van der Waals surface area contributed by atoms with Crippen LogP contribution in [0.2, 0.25) is 0 Å². The lowest BCUT2D eigenvalue weighted by atomic mass is 10.2. The van der Waals surface area contributed by atoms with Crippen LogP contribution in [0, 0.1) is 26.6 Å². The summed E-state index contributed by atoms with van der Waals surface area (Å²) in [5, 5.41) is 0.714. The Kier molecular flexibility index (Phi) is 4.76. The molecule has 0 aliphatic carbocycles. The molecule has 3 heterocycles. The zero-order valence-corrected chi connectivity index (χ0v) is 17.6. The summed E-state index contributed by atoms with van der Waals surface area (Å²) in [7, 11) is 1.79. The van der Waals surface area contributed by atoms with Crippen molar-refractivity contribution in [3.8, 4) is 10.6 Å². The van der Waals surface area contributed by atoms with E-state index in [-0.39, 0.29) is 11.7 Å². The fraction of sp³-hybridized carbons (Fsp3) is 0.250. The number of hydrogen-bond donors (Lipinski definition) is 0. The van der Waals surface area contributed by atoms with Crippen LogP contribution in [0.15, 0.2) is 30.5 Å². The van der Waals surface area contributed by atoms with Crippen LogP contribution in [0.3, 0.4) is 0 Å². The molecule has 3 aromatic heterocycles. The molecule has 0 fully saturated rings. The number of carbonyl (C=O) groups excluding carboxylic acids is 1. The van der Waals surface area contributed by atoms with Crippen LogP contribution in [-0.4, -0.2) is 32.2 Å². The highest BCUT2D eigenvalue weighted by molar-refractivity contribution is 7.17. The zero-order valence-electron chi connectivity index (χ0n) is 16.0. The third kappa shape index (κ3) is 3.33. The SMILES string of the molecule is Cc1cn2c(CN(C)C(=O)c3sc(-c4ccc(F)cc4)nc3C)c(C)nc2s1. The first-order valence-electron chi connectivity index (χ1n) is 8.76. The average molecular weight is 415 g/mol. The second kappa shape index (κ2) is 7.10. The smallest absolute Gasteiger partial charge is 0.265 e. The number of amides is 1. The fourth-order valence-corrected chi connectivity index (χ4v) is 5.04. The van der Waals surface area contributed by atoms with Gasteiger partial charge in [-0.05, 0) is 45.0 Å². The molecule has 4 rings (SSSR count). The molecule has 28 heavy (non-hydrogen) atoms. The van der Waals surface area contributed by atoms with Crippen molar-refractivity contribution in [1.29, 1.82) is 0 Å². The summed E-state index contributed by atoms with van der Waals surface area (Å²) < 4.78 is 15.2. The quantitative estimate of drug-likeness (QED) is 0.479. The second-order valence-corrected chi connectivity index (χ2v) is 8.95. The van der Waals surface area contributed by atoms with E-state index in [9.17, 15) is 9.18 Å². The lowest BCUT2D eigenvalue weighted by molar-refractivity contribution is 0.0787. The Bertz CT molecular complexity index is 1170. The van der Waals surface area contributed by atoms with Crippen molar-refractivity contribution in [3.63, 3.8) is 0 Å². The Morgan fingerprint density at radius 2 is 1.82 bits per heavy atom. The maximum atomic E-state index is 13.2. The number of fused-ring (bicyclic) bond motifs is 1. The molecule has 1 aromatic carbocycles. The van der Waals surface area contributed by atoms with Crippen molar-refractivity contribution < 1.29 is 9.18 Å². The first kappa shape index (κ1) is 18.8. The minimum atomic E-state index is -0.292. The maximum Gasteiger partial charge on any atom is 0.265 e. The van der Waals surface area contributed by atoms with Gasteiger partial charge in [-0.1, -0.05) is 0 Å². The number of aromatic nitrogens is 3. The van der Waals surface area contributed by atoms with Crippen LogP contribution in [-0.2, 0) is 6.54 Å². The molecule has 0 saturated heterocycles. The normalized spacial score (nSPS) is 11.3. The first-order valence-corrected chi connectivity index (χ1v) is 10.4. The minimum absolute atomic E-state index is 0.0790. The number of carbonyl (C=O) groups is 1. The van der Waals surface area contributed by atoms with Gasteiger partial charge in [0.1, 0.15) is 15.7 Å². The molecule has 0 aliphatic heterocycles. The maximum absolute atomic E-state index is 13.2. The summed E-state index contributed by atoms with van der Waals surface area (Å²) >= 11 is 2.97. The molecule has 1 amide bonds. The van der Waals surface area contributed by atoms with Crippen LogP contribution in [0.4, 0.5) is 4.39 Å². The summed E-state index contributed by atoms with van der Waals surface area (Å²) in [6, 6.07) is 6.15. The van der Waals surface area contributed by atoms with E-state index in [0.29, 0.717) is 22.1 Å². The predicted molar refractivity (Wildman–Crippen MR) is 111 cm³/mol. The molecule has 0 bridgehead atoms. The lowest BCUT2D eigenvalue weighted by Gasteiger charge is -2.16. The molecule has 5 nitrogen and oxygen atoms in total. The van der Waals surface area contributed by atoms with Gasteiger partial charge >= 0.3 is 0 Å². The zero-order chi connectivity index (χ0) is 20.0. The number of benzene rings is 1. The largest absolute Gasteiger partial charge is 0.335 e. The van der Waals surface area contributed by atoms with Gasteiger partial charge in [-0.15, -0.1) is 22.7 Å². The molecular formula is C20H19FN4OS2. The van der Waals surface area contributed by atoms with Crippen molar-refractivity contribution in [2.75, 3.05) is 7.05 Å². The van der Waals surface area contributed by atoms with Gasteiger partial charge in [0.05, 0.1) is 23.6 Å². The number of rotatable bonds is 4. The summed E-state index contributed by atoms with van der Waals surface area (Å²) in [6.07, 6.45) is 2.05. The molecule has 0 aliphatic rings. The molecule has 0 spiro atoms. The van der Waals surface area contributed by atoms with Gasteiger partial charge in [0, 0.05) is 23.7 Å². The van der Waals surface area contributed by atoms with Crippen molar-refractivity contribution in [1.82, 2.24) is 19.3 Å². The van der Waals surface area contributed by atoms with E-state index in [2.05, 4.69) is 20.6 Å². The Hall–Kier alpha value is -2.58. The fourth-order valence-electron chi connectivity index (χ4n) is 3.08. The molecule has 144 valence electrons. The van der Waals surface area contributed by atoms with E-state index in [1.165, 1.54) is 28.3 Å². The van der Waals surface area contributed by atoms with Crippen molar-refractivity contribution in [3.05, 3.63) is 63.1 Å². The molecular weight excluding hydrogens is 395 g/mol. The molecule has 0 unspecified atom stereocenters. The number of halogens is 1. The molecule has 0 N–H and O–H groups in total. The minimum Gasteiger partial charge on any atom is -0.335 e. The molecule has 4 aromatic rings. The van der Waals surface area contributed by atoms with Crippen LogP contribution < -0.4 is 0 Å². The van der Waals surface area contributed by atoms with Gasteiger partial charge in [0.25, 0.3) is 5.91 Å². The number of nitrogens with zero attached hydrogens (tertiary/aromatic N) is 4. The average Bonchev–Trinajstić information content (AvgIpc) is 3.29. The first-order chi connectivity index (χ1) is 13.3. The topological polar surface area (TPSA) is 50.5 Å². The number of imidazole rings is 1. The highest BCUT2D eigenvalue weighted by atomic mass is 32.1. The number of aryl methyl sites for hydroxylation is 3. The van der Waals surface area contributed by atoms with Crippen LogP contribution >= 0.6 is 22.7 Å². The summed E-state index contributed by atoms with van der Waals surface area (Å²) in [5.74, 6) is -0.371. The van der Waals surface area contributed by atoms with E-state index in [0.717, 1.165) is 21.9 Å². The highest BCUT2D eigenvalue weighted by Crippen LogP contribution is 2.29. The van der Waals surface area contributed by atoms with E-state index < -0.39 is 0 Å². The van der Waals surface area contributed by atoms with Crippen molar-refractivity contribution >= 4 is 33.5 Å². The molecule has 0 saturated carbocycles. The Morgan fingerprint density at radius 3 is 2.54 bits per heavy atom. The van der Waals surface area contributed by atoms with Gasteiger partial charge in [0.15, 0.2) is 4.96 Å². The Morgan fingerprint density at radius 1 is 1.11 bits per heavy atom. The van der Waals surface area contributed by atoms with Gasteiger partial charge < -0.3 is 4.90 Å². The van der Waals surface area contributed by atoms with E-state index in [4.69, 9.17) is 0 Å². The highest BCUT2D eigenvalue weighted by Gasteiger charge is 2.22. The monoisotopic (exact) mass is 414 g/mol. The van der Waals surface area contributed by atoms with Crippen LogP contribution in [0.1, 0.15) is 31.6 Å². The summed E-state index contributed by atoms with van der Waals surface area (Å²) in [4.78, 5) is 26.6.